The smallest absolute Gasteiger partial charge is 0.329 e. The van der Waals surface area contributed by atoms with Crippen molar-refractivity contribution in [2.45, 2.75) is 32.2 Å². The highest BCUT2D eigenvalue weighted by molar-refractivity contribution is 5.83. The molecule has 0 spiro atoms. The molecule has 1 aliphatic carbocycles. The third-order valence-corrected chi connectivity index (χ3v) is 3.42. The van der Waals surface area contributed by atoms with Gasteiger partial charge in [0.15, 0.2) is 0 Å². The zero-order chi connectivity index (χ0) is 12.6. The second-order valence-electron chi connectivity index (χ2n) is 4.87. The predicted molar refractivity (Wildman–Crippen MR) is 63.5 cm³/mol. The largest absolute Gasteiger partial charge is 0.480 e. The van der Waals surface area contributed by atoms with Crippen LogP contribution in [0.3, 0.4) is 0 Å². The SMILES string of the molecule is Cc1cc(F)ccc1NC(C)(C(=O)O)C1CC1. The molecule has 0 heterocycles. The number of carboxylic acids is 1. The van der Waals surface area contributed by atoms with E-state index in [0.717, 1.165) is 18.4 Å². The van der Waals surface area contributed by atoms with Crippen molar-refractivity contribution in [3.05, 3.63) is 29.6 Å². The maximum atomic E-state index is 13.0. The van der Waals surface area contributed by atoms with Crippen LogP contribution >= 0.6 is 0 Å². The third-order valence-electron chi connectivity index (χ3n) is 3.42. The van der Waals surface area contributed by atoms with Crippen molar-refractivity contribution in [3.8, 4) is 0 Å². The van der Waals surface area contributed by atoms with Crippen molar-refractivity contribution in [1.82, 2.24) is 0 Å². The Morgan fingerprint density at radius 1 is 1.53 bits per heavy atom. The highest BCUT2D eigenvalue weighted by Crippen LogP contribution is 2.42. The molecule has 92 valence electrons. The number of carbonyl (C=O) groups is 1. The van der Waals surface area contributed by atoms with Gasteiger partial charge in [-0.05, 0) is 56.4 Å². The molecule has 0 aromatic heterocycles. The lowest BCUT2D eigenvalue weighted by atomic mass is 9.95. The number of aliphatic carboxylic acids is 1. The van der Waals surface area contributed by atoms with Gasteiger partial charge in [-0.25, -0.2) is 9.18 Å². The van der Waals surface area contributed by atoms with Crippen LogP contribution in [0, 0.1) is 18.7 Å². The minimum Gasteiger partial charge on any atom is -0.480 e. The minimum atomic E-state index is -0.956. The Kier molecular flexibility index (Phi) is 2.81. The lowest BCUT2D eigenvalue weighted by molar-refractivity contribution is -0.142. The molecule has 0 aliphatic heterocycles. The molecule has 1 atom stereocenters. The van der Waals surface area contributed by atoms with Crippen LogP contribution in [0.25, 0.3) is 0 Å². The van der Waals surface area contributed by atoms with E-state index in [-0.39, 0.29) is 11.7 Å². The van der Waals surface area contributed by atoms with Gasteiger partial charge >= 0.3 is 5.97 Å². The Bertz CT molecular complexity index is 457. The van der Waals surface area contributed by atoms with Crippen molar-refractivity contribution >= 4 is 11.7 Å². The fourth-order valence-electron chi connectivity index (χ4n) is 2.04. The summed E-state index contributed by atoms with van der Waals surface area (Å²) in [4.78, 5) is 11.3. The first-order chi connectivity index (χ1) is 7.93. The number of hydrogen-bond acceptors (Lipinski definition) is 2. The number of rotatable bonds is 4. The first-order valence-corrected chi connectivity index (χ1v) is 5.71. The average molecular weight is 237 g/mol. The van der Waals surface area contributed by atoms with Crippen LogP contribution in [0.2, 0.25) is 0 Å². The second-order valence-corrected chi connectivity index (χ2v) is 4.87. The Morgan fingerprint density at radius 3 is 2.65 bits per heavy atom. The van der Waals surface area contributed by atoms with Gasteiger partial charge in [0.1, 0.15) is 11.4 Å². The summed E-state index contributed by atoms with van der Waals surface area (Å²) < 4.78 is 13.0. The molecule has 3 nitrogen and oxygen atoms in total. The van der Waals surface area contributed by atoms with Crippen LogP contribution < -0.4 is 5.32 Å². The molecule has 0 bridgehead atoms. The van der Waals surface area contributed by atoms with Gasteiger partial charge in [-0.3, -0.25) is 0 Å². The third kappa shape index (κ3) is 2.25. The summed E-state index contributed by atoms with van der Waals surface area (Å²) in [5.41, 5.74) is 0.448. The normalized spacial score (nSPS) is 18.5. The van der Waals surface area contributed by atoms with Crippen molar-refractivity contribution in [2.24, 2.45) is 5.92 Å². The van der Waals surface area contributed by atoms with E-state index < -0.39 is 11.5 Å². The molecule has 0 saturated heterocycles. The van der Waals surface area contributed by atoms with Gasteiger partial charge in [0.05, 0.1) is 0 Å². The monoisotopic (exact) mass is 237 g/mol. The maximum absolute atomic E-state index is 13.0. The summed E-state index contributed by atoms with van der Waals surface area (Å²) in [6, 6.07) is 4.33. The molecular formula is C13H16FNO2. The van der Waals surface area contributed by atoms with Gasteiger partial charge in [0.2, 0.25) is 0 Å². The number of carboxylic acid groups (broad SMARTS) is 1. The Labute approximate surface area is 99.7 Å². The van der Waals surface area contributed by atoms with Crippen molar-refractivity contribution in [2.75, 3.05) is 5.32 Å². The van der Waals surface area contributed by atoms with E-state index in [1.807, 2.05) is 0 Å². The molecule has 17 heavy (non-hydrogen) atoms. The summed E-state index contributed by atoms with van der Waals surface area (Å²) in [5, 5.41) is 12.4. The van der Waals surface area contributed by atoms with Gasteiger partial charge in [0.25, 0.3) is 0 Å². The predicted octanol–water partition coefficient (Wildman–Crippen LogP) is 2.80. The summed E-state index contributed by atoms with van der Waals surface area (Å²) in [6.45, 7) is 3.45. The average Bonchev–Trinajstić information content (AvgIpc) is 3.05. The fraction of sp³-hybridized carbons (Fsp3) is 0.462. The molecule has 1 aliphatic rings. The van der Waals surface area contributed by atoms with Crippen LogP contribution in [-0.2, 0) is 4.79 Å². The molecule has 1 fully saturated rings. The lowest BCUT2D eigenvalue weighted by Gasteiger charge is -2.28. The van der Waals surface area contributed by atoms with Gasteiger partial charge in [0, 0.05) is 5.69 Å². The number of anilines is 1. The molecule has 1 saturated carbocycles. The standard InChI is InChI=1S/C13H16FNO2/c1-8-7-10(14)5-6-11(8)15-13(2,12(16)17)9-3-4-9/h5-7,9,15H,3-4H2,1-2H3,(H,16,17). The number of nitrogens with one attached hydrogen (secondary N) is 1. The highest BCUT2D eigenvalue weighted by atomic mass is 19.1. The van der Waals surface area contributed by atoms with E-state index in [0.29, 0.717) is 5.69 Å². The topological polar surface area (TPSA) is 49.3 Å². The van der Waals surface area contributed by atoms with E-state index in [2.05, 4.69) is 5.32 Å². The molecule has 1 unspecified atom stereocenters. The molecule has 2 N–H and O–H groups in total. The summed E-state index contributed by atoms with van der Waals surface area (Å²) in [5.74, 6) is -1.01. The minimum absolute atomic E-state index is 0.157. The number of benzene rings is 1. The zero-order valence-electron chi connectivity index (χ0n) is 9.96. The molecule has 1 aromatic rings. The van der Waals surface area contributed by atoms with Gasteiger partial charge < -0.3 is 10.4 Å². The maximum Gasteiger partial charge on any atom is 0.329 e. The highest BCUT2D eigenvalue weighted by Gasteiger charge is 2.47. The molecule has 0 radical (unpaired) electrons. The number of halogens is 1. The fourth-order valence-corrected chi connectivity index (χ4v) is 2.04. The number of aryl methyl sites for hydroxylation is 1. The van der Waals surface area contributed by atoms with Crippen LogP contribution in [-0.4, -0.2) is 16.6 Å². The van der Waals surface area contributed by atoms with Gasteiger partial charge in [-0.2, -0.15) is 0 Å². The van der Waals surface area contributed by atoms with E-state index >= 15 is 0 Å². The summed E-state index contributed by atoms with van der Waals surface area (Å²) in [6.07, 6.45) is 1.85. The van der Waals surface area contributed by atoms with Crippen molar-refractivity contribution in [3.63, 3.8) is 0 Å². The van der Waals surface area contributed by atoms with Crippen LogP contribution in [0.5, 0.6) is 0 Å². The van der Waals surface area contributed by atoms with E-state index in [1.165, 1.54) is 12.1 Å². The first-order valence-electron chi connectivity index (χ1n) is 5.71. The zero-order valence-corrected chi connectivity index (χ0v) is 9.96. The molecule has 4 heteroatoms. The van der Waals surface area contributed by atoms with E-state index in [4.69, 9.17) is 0 Å². The van der Waals surface area contributed by atoms with Crippen molar-refractivity contribution in [1.29, 1.82) is 0 Å². The van der Waals surface area contributed by atoms with Gasteiger partial charge in [-0.1, -0.05) is 0 Å². The van der Waals surface area contributed by atoms with Crippen LogP contribution in [0.15, 0.2) is 18.2 Å². The Balaban J connectivity index is 2.26. The van der Waals surface area contributed by atoms with E-state index in [1.54, 1.807) is 19.9 Å². The molecule has 0 amide bonds. The first kappa shape index (κ1) is 11.9. The second kappa shape index (κ2) is 4.02. The lowest BCUT2D eigenvalue weighted by Crippen LogP contribution is -2.45. The Hall–Kier alpha value is -1.58. The Morgan fingerprint density at radius 2 is 2.18 bits per heavy atom. The van der Waals surface area contributed by atoms with Gasteiger partial charge in [-0.15, -0.1) is 0 Å². The van der Waals surface area contributed by atoms with Crippen molar-refractivity contribution < 1.29 is 14.3 Å². The summed E-state index contributed by atoms with van der Waals surface area (Å²) >= 11 is 0. The summed E-state index contributed by atoms with van der Waals surface area (Å²) in [7, 11) is 0. The quantitative estimate of drug-likeness (QED) is 0.846. The molecule has 2 rings (SSSR count). The molecule has 1 aromatic carbocycles. The van der Waals surface area contributed by atoms with Crippen LogP contribution in [0.4, 0.5) is 10.1 Å². The van der Waals surface area contributed by atoms with E-state index in [9.17, 15) is 14.3 Å². The van der Waals surface area contributed by atoms with Crippen LogP contribution in [0.1, 0.15) is 25.3 Å². The molecular weight excluding hydrogens is 221 g/mol. The number of hydrogen-bond donors (Lipinski definition) is 2.